The van der Waals surface area contributed by atoms with Crippen LogP contribution in [-0.2, 0) is 11.3 Å². The van der Waals surface area contributed by atoms with Crippen molar-refractivity contribution in [3.8, 4) is 0 Å². The molecule has 1 aromatic heterocycles. The molecule has 2 aromatic rings. The lowest BCUT2D eigenvalue weighted by molar-refractivity contribution is -0.736. The summed E-state index contributed by atoms with van der Waals surface area (Å²) >= 11 is 0. The maximum atomic E-state index is 12.1. The highest BCUT2D eigenvalue weighted by Crippen LogP contribution is 2.30. The lowest BCUT2D eigenvalue weighted by Crippen LogP contribution is -2.25. The van der Waals surface area contributed by atoms with E-state index in [0.717, 1.165) is 37.6 Å². The molecule has 1 aromatic carbocycles. The van der Waals surface area contributed by atoms with Gasteiger partial charge in [-0.15, -0.1) is 0 Å². The van der Waals surface area contributed by atoms with Crippen molar-refractivity contribution >= 4 is 17.2 Å². The van der Waals surface area contributed by atoms with E-state index in [1.54, 1.807) is 6.20 Å². The average Bonchev–Trinajstić information content (AvgIpc) is 2.78. The van der Waals surface area contributed by atoms with Gasteiger partial charge in [0, 0.05) is 19.2 Å². The number of nitrogens with zero attached hydrogens (tertiary/aromatic N) is 2. The van der Waals surface area contributed by atoms with Gasteiger partial charge in [-0.25, -0.2) is 9.82 Å². The zero-order chi connectivity index (χ0) is 20.5. The molecule has 0 atom stereocenters. The molecule has 7 heteroatoms. The number of hydrogen-bond acceptors (Lipinski definition) is 6. The van der Waals surface area contributed by atoms with Crippen LogP contribution in [0.1, 0.15) is 31.2 Å². The van der Waals surface area contributed by atoms with Gasteiger partial charge in [0.15, 0.2) is 7.11 Å². The molecular formula is C22H32N5O2+. The summed E-state index contributed by atoms with van der Waals surface area (Å²) in [5.74, 6) is 1.99. The Kier molecular flexibility index (Phi) is 7.81. The van der Waals surface area contributed by atoms with Gasteiger partial charge in [0.05, 0.1) is 4.91 Å². The Balaban J connectivity index is 1.60. The SMILES string of the molecule is CO[N+](=O)c1cnc(NCCc2ccccc2)cc1NCC1CCC(CN)CC1. The largest absolute Gasteiger partial charge is 0.379 e. The van der Waals surface area contributed by atoms with E-state index < -0.39 is 0 Å². The fraction of sp³-hybridized carbons (Fsp3) is 0.500. The molecule has 0 spiro atoms. The molecule has 1 aliphatic carbocycles. The second kappa shape index (κ2) is 10.8. The second-order valence-electron chi connectivity index (χ2n) is 7.69. The van der Waals surface area contributed by atoms with E-state index in [1.807, 2.05) is 24.3 Å². The number of nitrogens with two attached hydrogens (primary N) is 1. The third-order valence-corrected chi connectivity index (χ3v) is 5.69. The summed E-state index contributed by atoms with van der Waals surface area (Å²) in [6.07, 6.45) is 7.16. The van der Waals surface area contributed by atoms with Crippen LogP contribution in [0.15, 0.2) is 42.6 Å². The third kappa shape index (κ3) is 6.15. The number of nitrogens with one attached hydrogen (secondary N) is 2. The molecule has 4 N–H and O–H groups in total. The first-order valence-corrected chi connectivity index (χ1v) is 10.4. The first-order valence-electron chi connectivity index (χ1n) is 10.4. The Labute approximate surface area is 172 Å². The van der Waals surface area contributed by atoms with Gasteiger partial charge in [-0.2, -0.15) is 0 Å². The molecule has 0 amide bonds. The molecule has 29 heavy (non-hydrogen) atoms. The zero-order valence-corrected chi connectivity index (χ0v) is 17.1. The normalized spacial score (nSPS) is 18.8. The first-order chi connectivity index (χ1) is 14.2. The lowest BCUT2D eigenvalue weighted by Gasteiger charge is -2.27. The van der Waals surface area contributed by atoms with Gasteiger partial charge in [-0.05, 0) is 56.0 Å². The van der Waals surface area contributed by atoms with Crippen molar-refractivity contribution in [1.82, 2.24) is 4.98 Å². The topological polar surface area (TPSA) is 92.3 Å². The van der Waals surface area contributed by atoms with Gasteiger partial charge in [0.25, 0.3) is 4.92 Å². The molecule has 0 radical (unpaired) electrons. The Bertz CT molecular complexity index is 776. The third-order valence-electron chi connectivity index (χ3n) is 5.69. The Morgan fingerprint density at radius 3 is 2.55 bits per heavy atom. The fourth-order valence-electron chi connectivity index (χ4n) is 3.84. The summed E-state index contributed by atoms with van der Waals surface area (Å²) in [5.41, 5.74) is 8.19. The van der Waals surface area contributed by atoms with Crippen LogP contribution in [0.3, 0.4) is 0 Å². The minimum Gasteiger partial charge on any atom is -0.379 e. The molecule has 0 unspecified atom stereocenters. The standard InChI is InChI=1S/C22H32N5O2/c1-29-27(28)21-16-26-22(24-12-11-17-5-3-2-4-6-17)13-20(21)25-15-19-9-7-18(14-23)8-10-19/h2-6,13,16,18-19H,7-12,14-15,23H2,1H3,(H2,24,25,26)/q+1. The highest BCUT2D eigenvalue weighted by atomic mass is 16.8. The monoisotopic (exact) mass is 398 g/mol. The predicted octanol–water partition coefficient (Wildman–Crippen LogP) is 3.89. The van der Waals surface area contributed by atoms with Crippen molar-refractivity contribution < 1.29 is 9.76 Å². The molecule has 1 fully saturated rings. The highest BCUT2D eigenvalue weighted by molar-refractivity contribution is 5.65. The number of anilines is 2. The van der Waals surface area contributed by atoms with Gasteiger partial charge in [0.2, 0.25) is 0 Å². The Morgan fingerprint density at radius 1 is 1.14 bits per heavy atom. The van der Waals surface area contributed by atoms with Crippen LogP contribution >= 0.6 is 0 Å². The van der Waals surface area contributed by atoms with Crippen LogP contribution in [0.2, 0.25) is 0 Å². The summed E-state index contributed by atoms with van der Waals surface area (Å²) in [4.78, 5) is 21.8. The molecule has 0 aliphatic heterocycles. The quantitative estimate of drug-likeness (QED) is 0.526. The lowest BCUT2D eigenvalue weighted by atomic mass is 9.82. The molecule has 1 saturated carbocycles. The van der Waals surface area contributed by atoms with E-state index in [-0.39, 0.29) is 0 Å². The molecule has 7 nitrogen and oxygen atoms in total. The predicted molar refractivity (Wildman–Crippen MR) is 116 cm³/mol. The van der Waals surface area contributed by atoms with Crippen LogP contribution in [-0.4, -0.2) is 36.7 Å². The van der Waals surface area contributed by atoms with Crippen molar-refractivity contribution in [1.29, 1.82) is 0 Å². The van der Waals surface area contributed by atoms with Crippen LogP contribution in [0, 0.1) is 16.7 Å². The van der Waals surface area contributed by atoms with Gasteiger partial charge < -0.3 is 16.4 Å². The molecule has 1 aliphatic rings. The van der Waals surface area contributed by atoms with Gasteiger partial charge in [-0.1, -0.05) is 30.3 Å². The van der Waals surface area contributed by atoms with Crippen LogP contribution in [0.25, 0.3) is 0 Å². The summed E-state index contributed by atoms with van der Waals surface area (Å²) in [7, 11) is 1.36. The van der Waals surface area contributed by atoms with Crippen LogP contribution in [0.4, 0.5) is 17.2 Å². The van der Waals surface area contributed by atoms with Crippen molar-refractivity contribution in [2.45, 2.75) is 32.1 Å². The number of hydrogen-bond donors (Lipinski definition) is 3. The highest BCUT2D eigenvalue weighted by Gasteiger charge is 2.24. The van der Waals surface area contributed by atoms with Crippen molar-refractivity contribution in [3.63, 3.8) is 0 Å². The maximum Gasteiger partial charge on any atom is 0.357 e. The van der Waals surface area contributed by atoms with E-state index in [2.05, 4.69) is 27.8 Å². The first kappa shape index (κ1) is 21.0. The molecule has 1 heterocycles. The van der Waals surface area contributed by atoms with Gasteiger partial charge in [0.1, 0.15) is 17.7 Å². The zero-order valence-electron chi connectivity index (χ0n) is 17.1. The average molecular weight is 399 g/mol. The fourth-order valence-corrected chi connectivity index (χ4v) is 3.84. The van der Waals surface area contributed by atoms with Crippen molar-refractivity contribution in [2.24, 2.45) is 17.6 Å². The van der Waals surface area contributed by atoms with Crippen molar-refractivity contribution in [2.75, 3.05) is 37.4 Å². The minimum absolute atomic E-state index is 0.386. The molecule has 0 bridgehead atoms. The van der Waals surface area contributed by atoms with E-state index in [9.17, 15) is 4.91 Å². The number of pyridine rings is 1. The molecule has 156 valence electrons. The van der Waals surface area contributed by atoms with Gasteiger partial charge >= 0.3 is 5.69 Å². The molecule has 0 saturated heterocycles. The summed E-state index contributed by atoms with van der Waals surface area (Å²) in [6, 6.07) is 12.2. The van der Waals surface area contributed by atoms with Crippen molar-refractivity contribution in [3.05, 3.63) is 53.1 Å². The molecular weight excluding hydrogens is 366 g/mol. The van der Waals surface area contributed by atoms with E-state index >= 15 is 0 Å². The number of benzene rings is 1. The molecule has 3 rings (SSSR count). The van der Waals surface area contributed by atoms with E-state index in [0.29, 0.717) is 22.4 Å². The van der Waals surface area contributed by atoms with Crippen LogP contribution in [0.5, 0.6) is 0 Å². The maximum absolute atomic E-state index is 12.1. The van der Waals surface area contributed by atoms with E-state index in [1.165, 1.54) is 38.4 Å². The second-order valence-corrected chi connectivity index (χ2v) is 7.69. The van der Waals surface area contributed by atoms with E-state index in [4.69, 9.17) is 10.6 Å². The number of rotatable bonds is 10. The summed E-state index contributed by atoms with van der Waals surface area (Å²) in [5, 5.41) is 6.79. The smallest absolute Gasteiger partial charge is 0.357 e. The Hall–Kier alpha value is -2.67. The number of aromatic nitrogens is 1. The van der Waals surface area contributed by atoms with Gasteiger partial charge in [-0.3, -0.25) is 0 Å². The minimum atomic E-state index is 0.386. The van der Waals surface area contributed by atoms with Crippen LogP contribution < -0.4 is 16.4 Å². The summed E-state index contributed by atoms with van der Waals surface area (Å²) < 4.78 is 0. The Morgan fingerprint density at radius 2 is 1.86 bits per heavy atom. The summed E-state index contributed by atoms with van der Waals surface area (Å²) in [6.45, 7) is 2.38.